The van der Waals surface area contributed by atoms with Gasteiger partial charge in [-0.1, -0.05) is 41.9 Å². The summed E-state index contributed by atoms with van der Waals surface area (Å²) in [5.74, 6) is -1.66. The highest BCUT2D eigenvalue weighted by Crippen LogP contribution is 2.40. The van der Waals surface area contributed by atoms with E-state index in [1.807, 2.05) is 58.0 Å². The number of nitrogens with one attached hydrogen (secondary N) is 1. The third kappa shape index (κ3) is 7.96. The number of alkyl carbamates (subject to hydrolysis) is 1. The number of hydrogen-bond donors (Lipinski definition) is 1. The molecule has 1 aromatic rings. The lowest BCUT2D eigenvalue weighted by molar-refractivity contribution is -0.152. The van der Waals surface area contributed by atoms with E-state index in [1.165, 1.54) is 4.90 Å². The normalized spacial score (nSPS) is 23.6. The van der Waals surface area contributed by atoms with Gasteiger partial charge in [-0.25, -0.2) is 4.79 Å². The molecule has 42 heavy (non-hydrogen) atoms. The van der Waals surface area contributed by atoms with Crippen LogP contribution in [-0.2, 0) is 35.0 Å². The maximum Gasteiger partial charge on any atom is 0.457 e. The van der Waals surface area contributed by atoms with E-state index in [9.17, 15) is 19.9 Å². The minimum atomic E-state index is -1.64. The minimum absolute atomic E-state index is 0.00639. The van der Waals surface area contributed by atoms with Gasteiger partial charge in [0, 0.05) is 23.9 Å². The number of carbonyl (C=O) groups excluding carboxylic acids is 3. The summed E-state index contributed by atoms with van der Waals surface area (Å²) in [6, 6.07) is 8.23. The first-order chi connectivity index (χ1) is 19.5. The maximum atomic E-state index is 13.6. The molecule has 2 aliphatic heterocycles. The monoisotopic (exact) mass is 585 g/mol. The van der Waals surface area contributed by atoms with E-state index in [1.54, 1.807) is 27.7 Å². The molecule has 3 atom stereocenters. The zero-order chi connectivity index (χ0) is 31.3. The molecule has 3 rings (SSSR count). The van der Waals surface area contributed by atoms with Gasteiger partial charge in [-0.2, -0.15) is 0 Å². The molecule has 1 aromatic carbocycles. The first-order valence-electron chi connectivity index (χ1n) is 14.4. The Balaban J connectivity index is 1.77. The predicted octanol–water partition coefficient (Wildman–Crippen LogP) is 5.02. The molecule has 1 N–H and O–H groups in total. The standard InChI is InChI=1S/C29H44BN5O7/c1-20(32-25(38)40-26(2,3)4)23(36)35-17-22(15-12-16-30-41-27(5,6)28(7,8)42-30)29(19-35,33-34-31)24(37)39-18-21-13-10-9-11-14-21/h9-11,13-14,20,22H,12,15-19H2,1-8H3,(H,32,38)/t20-,22-,29-/m0/s1. The second-order valence-corrected chi connectivity index (χ2v) is 13.1. The van der Waals surface area contributed by atoms with E-state index in [2.05, 4.69) is 15.3 Å². The molecule has 0 unspecified atom stereocenters. The Labute approximate surface area is 248 Å². The number of ether oxygens (including phenoxy) is 2. The Bertz CT molecular complexity index is 1170. The largest absolute Gasteiger partial charge is 0.460 e. The van der Waals surface area contributed by atoms with Gasteiger partial charge in [0.25, 0.3) is 0 Å². The molecule has 0 saturated carbocycles. The lowest BCUT2D eigenvalue weighted by Crippen LogP contribution is -2.49. The Kier molecular flexibility index (Phi) is 10.2. The zero-order valence-corrected chi connectivity index (χ0v) is 26.0. The van der Waals surface area contributed by atoms with Crippen LogP contribution in [0.4, 0.5) is 4.79 Å². The average Bonchev–Trinajstić information content (AvgIpc) is 3.34. The molecule has 0 bridgehead atoms. The van der Waals surface area contributed by atoms with Crippen LogP contribution in [-0.4, -0.2) is 71.5 Å². The number of azide groups is 1. The van der Waals surface area contributed by atoms with E-state index >= 15 is 0 Å². The molecular weight excluding hydrogens is 541 g/mol. The highest BCUT2D eigenvalue weighted by Gasteiger charge is 2.55. The third-order valence-corrected chi connectivity index (χ3v) is 8.05. The summed E-state index contributed by atoms with van der Waals surface area (Å²) in [7, 11) is -0.425. The van der Waals surface area contributed by atoms with Gasteiger partial charge >= 0.3 is 19.2 Å². The Morgan fingerprint density at radius 3 is 2.36 bits per heavy atom. The van der Waals surface area contributed by atoms with Gasteiger partial charge in [0.15, 0.2) is 5.54 Å². The van der Waals surface area contributed by atoms with Crippen molar-refractivity contribution in [3.05, 3.63) is 46.3 Å². The average molecular weight is 586 g/mol. The highest BCUT2D eigenvalue weighted by atomic mass is 16.7. The fraction of sp³-hybridized carbons (Fsp3) is 0.690. The van der Waals surface area contributed by atoms with Gasteiger partial charge in [0.05, 0.1) is 11.2 Å². The van der Waals surface area contributed by atoms with Crippen molar-refractivity contribution in [1.29, 1.82) is 0 Å². The van der Waals surface area contributed by atoms with Crippen molar-refractivity contribution in [3.63, 3.8) is 0 Å². The number of rotatable bonds is 10. The number of benzene rings is 1. The minimum Gasteiger partial charge on any atom is -0.460 e. The molecule has 0 aliphatic carbocycles. The molecule has 0 aromatic heterocycles. The smallest absolute Gasteiger partial charge is 0.457 e. The van der Waals surface area contributed by atoms with Crippen molar-refractivity contribution >= 4 is 25.1 Å². The lowest BCUT2D eigenvalue weighted by atomic mass is 9.78. The number of carbonyl (C=O) groups is 3. The van der Waals surface area contributed by atoms with Crippen molar-refractivity contribution in [3.8, 4) is 0 Å². The summed E-state index contributed by atoms with van der Waals surface area (Å²) in [6.07, 6.45) is 0.856. The van der Waals surface area contributed by atoms with Gasteiger partial charge in [-0.3, -0.25) is 9.59 Å². The fourth-order valence-electron chi connectivity index (χ4n) is 5.15. The predicted molar refractivity (Wildman–Crippen MR) is 157 cm³/mol. The number of amides is 2. The van der Waals surface area contributed by atoms with Crippen LogP contribution in [0.5, 0.6) is 0 Å². The van der Waals surface area contributed by atoms with Gasteiger partial charge in [-0.15, -0.1) is 0 Å². The summed E-state index contributed by atoms with van der Waals surface area (Å²) in [5.41, 5.74) is 7.02. The number of likely N-dealkylation sites (tertiary alicyclic amines) is 1. The van der Waals surface area contributed by atoms with E-state index in [-0.39, 0.29) is 19.7 Å². The molecule has 2 heterocycles. The molecule has 13 heteroatoms. The van der Waals surface area contributed by atoms with Crippen LogP contribution in [0, 0.1) is 5.92 Å². The van der Waals surface area contributed by atoms with Crippen LogP contribution in [0.3, 0.4) is 0 Å². The Hall–Kier alpha value is -3.28. The first kappa shape index (κ1) is 33.2. The number of nitrogens with zero attached hydrogens (tertiary/aromatic N) is 4. The van der Waals surface area contributed by atoms with Crippen LogP contribution < -0.4 is 5.32 Å². The summed E-state index contributed by atoms with van der Waals surface area (Å²) in [5, 5.41) is 6.54. The number of esters is 1. The second kappa shape index (κ2) is 12.9. The zero-order valence-electron chi connectivity index (χ0n) is 26.0. The molecule has 2 aliphatic rings. The Morgan fingerprint density at radius 2 is 1.79 bits per heavy atom. The SMILES string of the molecule is C[C@H](NC(=O)OC(C)(C)C)C(=O)N1C[C@H](CCCB2OC(C)(C)C(C)(C)O2)[C@](N=[N+]=[N-])(C(=O)OCc2ccccc2)C1. The topological polar surface area (TPSA) is 152 Å². The van der Waals surface area contributed by atoms with Crippen molar-refractivity contribution in [1.82, 2.24) is 10.2 Å². The summed E-state index contributed by atoms with van der Waals surface area (Å²) in [4.78, 5) is 43.8. The maximum absolute atomic E-state index is 13.6. The molecule has 2 fully saturated rings. The third-order valence-electron chi connectivity index (χ3n) is 8.05. The van der Waals surface area contributed by atoms with Crippen molar-refractivity contribution < 1.29 is 33.2 Å². The van der Waals surface area contributed by atoms with Gasteiger partial charge in [-0.05, 0) is 79.2 Å². The molecule has 230 valence electrons. The van der Waals surface area contributed by atoms with Gasteiger partial charge < -0.3 is 29.0 Å². The highest BCUT2D eigenvalue weighted by molar-refractivity contribution is 6.45. The fourth-order valence-corrected chi connectivity index (χ4v) is 5.15. The second-order valence-electron chi connectivity index (χ2n) is 13.1. The van der Waals surface area contributed by atoms with Gasteiger partial charge in [0.1, 0.15) is 18.2 Å². The molecule has 2 amide bonds. The van der Waals surface area contributed by atoms with E-state index in [0.717, 1.165) is 5.56 Å². The van der Waals surface area contributed by atoms with Crippen molar-refractivity contribution in [2.24, 2.45) is 11.0 Å². The summed E-state index contributed by atoms with van der Waals surface area (Å²) < 4.78 is 23.2. The summed E-state index contributed by atoms with van der Waals surface area (Å²) in [6.45, 7) is 14.6. The van der Waals surface area contributed by atoms with E-state index in [4.69, 9.17) is 18.8 Å². The number of hydrogen-bond acceptors (Lipinski definition) is 8. The molecule has 2 saturated heterocycles. The van der Waals surface area contributed by atoms with Crippen molar-refractivity contribution in [2.75, 3.05) is 13.1 Å². The Morgan fingerprint density at radius 1 is 1.17 bits per heavy atom. The quantitative estimate of drug-likeness (QED) is 0.133. The first-order valence-corrected chi connectivity index (χ1v) is 14.4. The molecular formula is C29H44BN5O7. The van der Waals surface area contributed by atoms with Crippen LogP contribution in [0.2, 0.25) is 6.32 Å². The van der Waals surface area contributed by atoms with Gasteiger partial charge in [0.2, 0.25) is 5.91 Å². The van der Waals surface area contributed by atoms with Crippen LogP contribution in [0.1, 0.15) is 73.8 Å². The van der Waals surface area contributed by atoms with E-state index < -0.39 is 59.4 Å². The van der Waals surface area contributed by atoms with Crippen LogP contribution in [0.25, 0.3) is 10.4 Å². The van der Waals surface area contributed by atoms with Crippen LogP contribution in [0.15, 0.2) is 35.4 Å². The lowest BCUT2D eigenvalue weighted by Gasteiger charge is -2.32. The molecule has 0 spiro atoms. The van der Waals surface area contributed by atoms with Crippen LogP contribution >= 0.6 is 0 Å². The summed E-state index contributed by atoms with van der Waals surface area (Å²) >= 11 is 0. The molecule has 12 nitrogen and oxygen atoms in total. The molecule has 0 radical (unpaired) electrons. The van der Waals surface area contributed by atoms with E-state index in [0.29, 0.717) is 19.2 Å². The van der Waals surface area contributed by atoms with Crippen molar-refractivity contribution in [2.45, 2.75) is 110 Å².